The van der Waals surface area contributed by atoms with Crippen LogP contribution < -0.4 is 0 Å². The first-order valence-corrected chi connectivity index (χ1v) is 22.3. The van der Waals surface area contributed by atoms with E-state index in [0.29, 0.717) is 32.2 Å². The number of hydrogen-bond donors (Lipinski definition) is 1. The molecular formula is C41H70N6O7S. The molecule has 2 amide bonds. The zero-order valence-electron chi connectivity index (χ0n) is 35.6. The highest BCUT2D eigenvalue weighted by Crippen LogP contribution is 2.32. The van der Waals surface area contributed by atoms with Gasteiger partial charge in [-0.1, -0.05) is 39.5 Å². The van der Waals surface area contributed by atoms with Crippen molar-refractivity contribution in [2.45, 2.75) is 164 Å². The van der Waals surface area contributed by atoms with Crippen molar-refractivity contribution < 1.29 is 31.7 Å². The average molecular weight is 791 g/mol. The molecule has 2 aliphatic heterocycles. The molecular weight excluding hydrogens is 721 g/mol. The molecule has 14 heteroatoms. The molecule has 312 valence electrons. The summed E-state index contributed by atoms with van der Waals surface area (Å²) in [6.07, 6.45) is 12.2. The Bertz CT molecular complexity index is 1670. The zero-order chi connectivity index (χ0) is 40.7. The Morgan fingerprint density at radius 3 is 1.76 bits per heavy atom. The Hall–Kier alpha value is -3.13. The first kappa shape index (κ1) is 44.6. The lowest BCUT2D eigenvalue weighted by molar-refractivity contribution is 0.0209. The average Bonchev–Trinajstić information content (AvgIpc) is 3.61. The molecule has 0 radical (unpaired) electrons. The van der Waals surface area contributed by atoms with Gasteiger partial charge in [0.15, 0.2) is 0 Å². The lowest BCUT2D eigenvalue weighted by Crippen LogP contribution is -2.40. The van der Waals surface area contributed by atoms with E-state index in [4.69, 9.17) is 18.8 Å². The summed E-state index contributed by atoms with van der Waals surface area (Å²) in [5.74, 6) is 2.84. The van der Waals surface area contributed by atoms with Crippen LogP contribution in [0.15, 0.2) is 0 Å². The molecule has 2 saturated carbocycles. The topological polar surface area (TPSA) is 149 Å². The fraction of sp³-hybridized carbons (Fsp3) is 0.805. The van der Waals surface area contributed by atoms with E-state index in [9.17, 15) is 18.0 Å². The third-order valence-electron chi connectivity index (χ3n) is 11.0. The third kappa shape index (κ3) is 14.4. The highest BCUT2D eigenvalue weighted by Gasteiger charge is 2.31. The van der Waals surface area contributed by atoms with Crippen molar-refractivity contribution in [3.05, 3.63) is 33.9 Å². The van der Waals surface area contributed by atoms with Crippen molar-refractivity contribution in [3.63, 3.8) is 0 Å². The first-order chi connectivity index (χ1) is 25.6. The number of fused-ring (bicyclic) bond motifs is 2. The summed E-state index contributed by atoms with van der Waals surface area (Å²) in [6.45, 7) is 24.0. The fourth-order valence-corrected chi connectivity index (χ4v) is 8.17. The lowest BCUT2D eigenvalue weighted by atomic mass is 9.83. The van der Waals surface area contributed by atoms with E-state index in [1.807, 2.05) is 53.4 Å². The molecule has 13 nitrogen and oxygen atoms in total. The van der Waals surface area contributed by atoms with E-state index in [1.54, 1.807) is 4.90 Å². The zero-order valence-corrected chi connectivity index (χ0v) is 36.4. The molecule has 2 aromatic heterocycles. The SMILES string of the molecule is CC1CCC(COS(C)(=O)=O)CC1.Cc1[nH]nc2c1CCN(C(=O)OC(C)(C)C)C2.Cc1nn(CC2CCC(C)CC2)c2c1CCN(C(=O)OC(C)(C)C)C2. The van der Waals surface area contributed by atoms with Gasteiger partial charge in [0.05, 0.1) is 43.0 Å². The maximum Gasteiger partial charge on any atom is 0.410 e. The summed E-state index contributed by atoms with van der Waals surface area (Å²) in [5.41, 5.74) is 6.08. The van der Waals surface area contributed by atoms with Gasteiger partial charge < -0.3 is 19.3 Å². The number of ether oxygens (including phenoxy) is 2. The minimum atomic E-state index is -3.24. The van der Waals surface area contributed by atoms with E-state index in [1.165, 1.54) is 55.3 Å². The quantitative estimate of drug-likeness (QED) is 0.297. The predicted molar refractivity (Wildman–Crippen MR) is 214 cm³/mol. The number of carbonyl (C=O) groups is 2. The summed E-state index contributed by atoms with van der Waals surface area (Å²) in [4.78, 5) is 27.9. The van der Waals surface area contributed by atoms with Crippen molar-refractivity contribution in [3.8, 4) is 0 Å². The number of hydrogen-bond acceptors (Lipinski definition) is 9. The molecule has 4 heterocycles. The molecule has 0 saturated heterocycles. The smallest absolute Gasteiger partial charge is 0.410 e. The van der Waals surface area contributed by atoms with Crippen LogP contribution in [0.1, 0.15) is 141 Å². The fourth-order valence-electron chi connectivity index (χ4n) is 7.73. The molecule has 2 aromatic rings. The van der Waals surface area contributed by atoms with Crippen molar-refractivity contribution in [2.75, 3.05) is 26.0 Å². The molecule has 2 aliphatic carbocycles. The van der Waals surface area contributed by atoms with Gasteiger partial charge in [0, 0.05) is 25.3 Å². The Kier molecular flexibility index (Phi) is 15.3. The number of rotatable bonds is 5. The van der Waals surface area contributed by atoms with Crippen LogP contribution in [0.4, 0.5) is 9.59 Å². The summed E-state index contributed by atoms with van der Waals surface area (Å²) >= 11 is 0. The Morgan fingerprint density at radius 2 is 1.25 bits per heavy atom. The second-order valence-corrected chi connectivity index (χ2v) is 20.2. The highest BCUT2D eigenvalue weighted by atomic mass is 32.2. The molecule has 0 atom stereocenters. The molecule has 4 aliphatic rings. The number of nitrogens with one attached hydrogen (secondary N) is 1. The van der Waals surface area contributed by atoms with Gasteiger partial charge in [0.2, 0.25) is 0 Å². The van der Waals surface area contributed by atoms with E-state index in [-0.39, 0.29) is 12.2 Å². The van der Waals surface area contributed by atoms with Gasteiger partial charge in [-0.05, 0) is 129 Å². The van der Waals surface area contributed by atoms with E-state index < -0.39 is 21.3 Å². The normalized spacial score (nSPS) is 23.0. The van der Waals surface area contributed by atoms with Crippen LogP contribution in [0.2, 0.25) is 0 Å². The van der Waals surface area contributed by atoms with Crippen LogP contribution in [-0.4, -0.2) is 87.5 Å². The van der Waals surface area contributed by atoms with Crippen LogP contribution in [0, 0.1) is 37.5 Å². The van der Waals surface area contributed by atoms with Crippen molar-refractivity contribution in [2.24, 2.45) is 23.7 Å². The van der Waals surface area contributed by atoms with Gasteiger partial charge in [0.25, 0.3) is 10.1 Å². The molecule has 55 heavy (non-hydrogen) atoms. The number of aromatic nitrogens is 4. The maximum atomic E-state index is 12.4. The number of carbonyl (C=O) groups excluding carboxylic acids is 2. The third-order valence-corrected chi connectivity index (χ3v) is 11.6. The lowest BCUT2D eigenvalue weighted by Gasteiger charge is -2.31. The van der Waals surface area contributed by atoms with Gasteiger partial charge in [-0.25, -0.2) is 9.59 Å². The Balaban J connectivity index is 0.000000195. The van der Waals surface area contributed by atoms with Gasteiger partial charge in [-0.2, -0.15) is 18.6 Å². The maximum absolute atomic E-state index is 12.4. The number of nitrogens with zero attached hydrogens (tertiary/aromatic N) is 5. The molecule has 0 aromatic carbocycles. The van der Waals surface area contributed by atoms with Crippen molar-refractivity contribution >= 4 is 22.3 Å². The summed E-state index contributed by atoms with van der Waals surface area (Å²) in [7, 11) is -3.24. The van der Waals surface area contributed by atoms with Crippen LogP contribution in [0.3, 0.4) is 0 Å². The highest BCUT2D eigenvalue weighted by molar-refractivity contribution is 7.85. The largest absolute Gasteiger partial charge is 0.444 e. The van der Waals surface area contributed by atoms with Gasteiger partial charge in [0.1, 0.15) is 11.2 Å². The number of amides is 2. The van der Waals surface area contributed by atoms with Crippen molar-refractivity contribution in [1.29, 1.82) is 0 Å². The Morgan fingerprint density at radius 1 is 0.764 bits per heavy atom. The van der Waals surface area contributed by atoms with Crippen LogP contribution in [-0.2, 0) is 56.3 Å². The summed E-state index contributed by atoms with van der Waals surface area (Å²) in [6, 6.07) is 0. The minimum absolute atomic E-state index is 0.213. The summed E-state index contributed by atoms with van der Waals surface area (Å²) < 4.78 is 39.3. The molecule has 6 rings (SSSR count). The molecule has 0 unspecified atom stereocenters. The standard InChI is InChI=1S/C20H33N3O2.C12H19N3O2.C9H18O3S/c1-14-6-8-16(9-7-14)12-23-18-13-22(19(24)25-20(3,4)5)11-10-17(18)15(2)21-23;1-8-9-5-6-15(7-10(9)14-13-8)11(16)17-12(2,3)4;1-8-3-5-9(6-4-8)7-12-13(2,10)11/h14,16H,6-13H2,1-5H3;5-7H2,1-4H3,(H,13,14);8-9H,3-7H2,1-2H3. The summed E-state index contributed by atoms with van der Waals surface area (Å²) in [5, 5.41) is 12.0. The monoisotopic (exact) mass is 791 g/mol. The van der Waals surface area contributed by atoms with E-state index in [2.05, 4.69) is 35.7 Å². The molecule has 2 fully saturated rings. The van der Waals surface area contributed by atoms with E-state index >= 15 is 0 Å². The second kappa shape index (κ2) is 18.9. The molecule has 0 spiro atoms. The number of aromatic amines is 1. The molecule has 1 N–H and O–H groups in total. The molecule has 0 bridgehead atoms. The van der Waals surface area contributed by atoms with Crippen LogP contribution in [0.25, 0.3) is 0 Å². The minimum Gasteiger partial charge on any atom is -0.444 e. The van der Waals surface area contributed by atoms with Gasteiger partial charge >= 0.3 is 12.2 Å². The number of aryl methyl sites for hydroxylation is 2. The number of H-pyrrole nitrogens is 1. The predicted octanol–water partition coefficient (Wildman–Crippen LogP) is 8.11. The van der Waals surface area contributed by atoms with Crippen molar-refractivity contribution in [1.82, 2.24) is 29.8 Å². The van der Waals surface area contributed by atoms with Crippen LogP contribution >= 0.6 is 0 Å². The van der Waals surface area contributed by atoms with E-state index in [0.717, 1.165) is 79.9 Å². The Labute approximate surface area is 330 Å². The van der Waals surface area contributed by atoms with Gasteiger partial charge in [-0.3, -0.25) is 14.0 Å². The second-order valence-electron chi connectivity index (χ2n) is 18.5. The van der Waals surface area contributed by atoms with Crippen LogP contribution in [0.5, 0.6) is 0 Å². The first-order valence-electron chi connectivity index (χ1n) is 20.4. The van der Waals surface area contributed by atoms with Gasteiger partial charge in [-0.15, -0.1) is 0 Å².